The van der Waals surface area contributed by atoms with E-state index in [-0.39, 0.29) is 5.91 Å². The quantitative estimate of drug-likeness (QED) is 0.394. The van der Waals surface area contributed by atoms with Crippen LogP contribution in [0.25, 0.3) is 28.0 Å². The van der Waals surface area contributed by atoms with Gasteiger partial charge in [-0.2, -0.15) is 5.10 Å². The number of nitrogens with zero attached hydrogens (tertiary/aromatic N) is 4. The number of fused-ring (bicyclic) bond motifs is 1. The molecule has 0 aliphatic rings. The molecule has 5 rings (SSSR count). The lowest BCUT2D eigenvalue weighted by atomic mass is 10.1. The van der Waals surface area contributed by atoms with Gasteiger partial charge < -0.3 is 14.3 Å². The highest BCUT2D eigenvalue weighted by molar-refractivity contribution is 6.07. The van der Waals surface area contributed by atoms with Crippen LogP contribution in [0, 0.1) is 34.6 Å². The molecular formula is C26H25N5O3. The van der Waals surface area contributed by atoms with E-state index in [1.54, 1.807) is 13.0 Å². The predicted octanol–water partition coefficient (Wildman–Crippen LogP) is 5.14. The molecule has 0 radical (unpaired) electrons. The molecule has 4 aromatic heterocycles. The van der Waals surface area contributed by atoms with Crippen LogP contribution in [0.15, 0.2) is 51.4 Å². The van der Waals surface area contributed by atoms with Crippen LogP contribution in [0.2, 0.25) is 0 Å². The third-order valence-electron chi connectivity index (χ3n) is 6.05. The van der Waals surface area contributed by atoms with E-state index in [1.807, 2.05) is 68.8 Å². The Balaban J connectivity index is 1.48. The SMILES string of the molecule is Cc1cc(-c2cc(C(=O)NCc3c(C)nn(-c4ccccc4)c3C)c3c(C)noc3n2)c(C)o1. The Bertz CT molecular complexity index is 1530. The average Bonchev–Trinajstić information content (AvgIpc) is 3.46. The minimum absolute atomic E-state index is 0.232. The van der Waals surface area contributed by atoms with Crippen molar-refractivity contribution in [2.45, 2.75) is 41.2 Å². The normalized spacial score (nSPS) is 11.3. The van der Waals surface area contributed by atoms with Gasteiger partial charge in [0.2, 0.25) is 0 Å². The van der Waals surface area contributed by atoms with Crippen LogP contribution >= 0.6 is 0 Å². The van der Waals surface area contributed by atoms with Crippen molar-refractivity contribution >= 4 is 17.0 Å². The van der Waals surface area contributed by atoms with Crippen molar-refractivity contribution < 1.29 is 13.7 Å². The Labute approximate surface area is 196 Å². The standard InChI is InChI=1S/C26H25N5O3/c1-14-11-20(18(5)33-14)23-12-21(24-16(3)30-34-26(24)28-23)25(32)27-13-22-15(2)29-31(17(22)4)19-9-7-6-8-10-19/h6-12H,13H2,1-5H3,(H,27,32). The average molecular weight is 456 g/mol. The summed E-state index contributed by atoms with van der Waals surface area (Å²) < 4.78 is 13.0. The molecule has 34 heavy (non-hydrogen) atoms. The van der Waals surface area contributed by atoms with Gasteiger partial charge in [0, 0.05) is 23.4 Å². The van der Waals surface area contributed by atoms with Crippen molar-refractivity contribution in [2.24, 2.45) is 0 Å². The van der Waals surface area contributed by atoms with E-state index >= 15 is 0 Å². The smallest absolute Gasteiger partial charge is 0.259 e. The van der Waals surface area contributed by atoms with Crippen LogP contribution in [0.5, 0.6) is 0 Å². The molecule has 1 amide bonds. The molecule has 8 heteroatoms. The van der Waals surface area contributed by atoms with Crippen LogP contribution in [-0.4, -0.2) is 25.8 Å². The van der Waals surface area contributed by atoms with E-state index in [0.717, 1.165) is 39.7 Å². The van der Waals surface area contributed by atoms with E-state index in [0.29, 0.717) is 34.6 Å². The lowest BCUT2D eigenvalue weighted by Gasteiger charge is -2.09. The van der Waals surface area contributed by atoms with Gasteiger partial charge in [-0.3, -0.25) is 4.79 Å². The summed E-state index contributed by atoms with van der Waals surface area (Å²) in [6.07, 6.45) is 0. The lowest BCUT2D eigenvalue weighted by Crippen LogP contribution is -2.24. The summed E-state index contributed by atoms with van der Waals surface area (Å²) in [5.41, 5.74) is 6.63. The molecule has 0 fully saturated rings. The van der Waals surface area contributed by atoms with Gasteiger partial charge in [-0.1, -0.05) is 23.4 Å². The molecule has 0 atom stereocenters. The van der Waals surface area contributed by atoms with Crippen LogP contribution in [0.3, 0.4) is 0 Å². The van der Waals surface area contributed by atoms with Crippen molar-refractivity contribution in [1.29, 1.82) is 0 Å². The van der Waals surface area contributed by atoms with E-state index < -0.39 is 0 Å². The summed E-state index contributed by atoms with van der Waals surface area (Å²) >= 11 is 0. The third kappa shape index (κ3) is 3.67. The summed E-state index contributed by atoms with van der Waals surface area (Å²) in [6.45, 7) is 9.85. The lowest BCUT2D eigenvalue weighted by molar-refractivity contribution is 0.0952. The Morgan fingerprint density at radius 1 is 1.03 bits per heavy atom. The maximum Gasteiger partial charge on any atom is 0.259 e. The van der Waals surface area contributed by atoms with E-state index in [4.69, 9.17) is 8.94 Å². The molecule has 8 nitrogen and oxygen atoms in total. The fraction of sp³-hybridized carbons (Fsp3) is 0.231. The number of hydrogen-bond donors (Lipinski definition) is 1. The highest BCUT2D eigenvalue weighted by Crippen LogP contribution is 2.30. The van der Waals surface area contributed by atoms with Gasteiger partial charge in [-0.15, -0.1) is 0 Å². The van der Waals surface area contributed by atoms with Crippen LogP contribution in [-0.2, 0) is 6.54 Å². The van der Waals surface area contributed by atoms with Crippen molar-refractivity contribution in [3.63, 3.8) is 0 Å². The summed E-state index contributed by atoms with van der Waals surface area (Å²) in [7, 11) is 0. The molecule has 0 saturated carbocycles. The van der Waals surface area contributed by atoms with Crippen molar-refractivity contribution in [3.8, 4) is 16.9 Å². The van der Waals surface area contributed by atoms with E-state index in [1.165, 1.54) is 0 Å². The first-order valence-corrected chi connectivity index (χ1v) is 11.1. The molecule has 172 valence electrons. The Morgan fingerprint density at radius 2 is 1.79 bits per heavy atom. The summed E-state index contributed by atoms with van der Waals surface area (Å²) in [4.78, 5) is 18.0. The number of hydrogen-bond acceptors (Lipinski definition) is 6. The monoisotopic (exact) mass is 455 g/mol. The number of carbonyl (C=O) groups excluding carboxylic acids is 1. The number of furan rings is 1. The molecule has 0 spiro atoms. The number of rotatable bonds is 5. The fourth-order valence-electron chi connectivity index (χ4n) is 4.31. The zero-order valence-electron chi connectivity index (χ0n) is 19.8. The van der Waals surface area contributed by atoms with Gasteiger partial charge in [0.15, 0.2) is 0 Å². The summed E-state index contributed by atoms with van der Waals surface area (Å²) in [5.74, 6) is 1.27. The van der Waals surface area contributed by atoms with Gasteiger partial charge in [-0.25, -0.2) is 9.67 Å². The molecular weight excluding hydrogens is 430 g/mol. The molecule has 1 N–H and O–H groups in total. The largest absolute Gasteiger partial charge is 0.466 e. The Morgan fingerprint density at radius 3 is 2.50 bits per heavy atom. The maximum absolute atomic E-state index is 13.4. The number of nitrogens with one attached hydrogen (secondary N) is 1. The van der Waals surface area contributed by atoms with Crippen LogP contribution < -0.4 is 5.32 Å². The highest BCUT2D eigenvalue weighted by atomic mass is 16.5. The van der Waals surface area contributed by atoms with E-state index in [2.05, 4.69) is 20.6 Å². The van der Waals surface area contributed by atoms with Crippen LogP contribution in [0.4, 0.5) is 0 Å². The second-order valence-corrected chi connectivity index (χ2v) is 8.41. The van der Waals surface area contributed by atoms with Gasteiger partial charge in [0.1, 0.15) is 11.5 Å². The number of aryl methyl sites for hydroxylation is 4. The Kier molecular flexibility index (Phi) is 5.28. The zero-order chi connectivity index (χ0) is 24.0. The maximum atomic E-state index is 13.4. The molecule has 0 aliphatic heterocycles. The minimum atomic E-state index is -0.232. The molecule has 4 heterocycles. The number of pyridine rings is 1. The summed E-state index contributed by atoms with van der Waals surface area (Å²) in [6, 6.07) is 13.6. The fourth-order valence-corrected chi connectivity index (χ4v) is 4.31. The molecule has 5 aromatic rings. The number of carbonyl (C=O) groups is 1. The van der Waals surface area contributed by atoms with Gasteiger partial charge in [-0.05, 0) is 58.9 Å². The topological polar surface area (TPSA) is 99.0 Å². The molecule has 0 aliphatic carbocycles. The van der Waals surface area contributed by atoms with E-state index in [9.17, 15) is 4.79 Å². The van der Waals surface area contributed by atoms with Crippen LogP contribution in [0.1, 0.15) is 44.5 Å². The minimum Gasteiger partial charge on any atom is -0.466 e. The number of amides is 1. The third-order valence-corrected chi connectivity index (χ3v) is 6.05. The first-order chi connectivity index (χ1) is 16.3. The first-order valence-electron chi connectivity index (χ1n) is 11.1. The Hall–Kier alpha value is -4.20. The second-order valence-electron chi connectivity index (χ2n) is 8.41. The molecule has 0 unspecified atom stereocenters. The molecule has 0 bridgehead atoms. The van der Waals surface area contributed by atoms with Crippen molar-refractivity contribution in [3.05, 3.63) is 82.2 Å². The summed E-state index contributed by atoms with van der Waals surface area (Å²) in [5, 5.41) is 12.4. The second kappa shape index (κ2) is 8.30. The zero-order valence-corrected chi connectivity index (χ0v) is 19.8. The number of aromatic nitrogens is 4. The van der Waals surface area contributed by atoms with Gasteiger partial charge in [0.05, 0.1) is 33.7 Å². The molecule has 0 saturated heterocycles. The van der Waals surface area contributed by atoms with Gasteiger partial charge in [0.25, 0.3) is 11.6 Å². The highest BCUT2D eigenvalue weighted by Gasteiger charge is 2.22. The van der Waals surface area contributed by atoms with Crippen molar-refractivity contribution in [2.75, 3.05) is 0 Å². The van der Waals surface area contributed by atoms with Crippen molar-refractivity contribution in [1.82, 2.24) is 25.2 Å². The number of para-hydroxylation sites is 1. The van der Waals surface area contributed by atoms with Gasteiger partial charge >= 0.3 is 0 Å². The first kappa shape index (κ1) is 21.6. The molecule has 1 aromatic carbocycles. The number of benzene rings is 1. The predicted molar refractivity (Wildman–Crippen MR) is 128 cm³/mol.